The first-order valence-corrected chi connectivity index (χ1v) is 7.31. The lowest BCUT2D eigenvalue weighted by Crippen LogP contribution is -2.43. The van der Waals surface area contributed by atoms with E-state index in [9.17, 15) is 4.39 Å². The molecule has 1 fully saturated rings. The summed E-state index contributed by atoms with van der Waals surface area (Å²) in [6.07, 6.45) is 2.07. The van der Waals surface area contributed by atoms with Gasteiger partial charge >= 0.3 is 0 Å². The molecule has 2 heterocycles. The molecule has 0 amide bonds. The van der Waals surface area contributed by atoms with Crippen molar-refractivity contribution >= 4 is 21.9 Å². The Morgan fingerprint density at radius 3 is 3.05 bits per heavy atom. The van der Waals surface area contributed by atoms with Crippen molar-refractivity contribution in [3.8, 4) is 11.4 Å². The zero-order valence-electron chi connectivity index (χ0n) is 10.8. The van der Waals surface area contributed by atoms with Gasteiger partial charge in [-0.05, 0) is 47.0 Å². The lowest BCUT2D eigenvalue weighted by atomic mass is 10.1. The van der Waals surface area contributed by atoms with Gasteiger partial charge in [-0.25, -0.2) is 4.39 Å². The van der Waals surface area contributed by atoms with E-state index in [1.54, 1.807) is 12.1 Å². The number of aromatic nitrogens is 3. The fourth-order valence-corrected chi connectivity index (χ4v) is 2.61. The van der Waals surface area contributed by atoms with Crippen molar-refractivity contribution in [1.82, 2.24) is 15.2 Å². The summed E-state index contributed by atoms with van der Waals surface area (Å²) in [5.74, 6) is 0.865. The highest BCUT2D eigenvalue weighted by Gasteiger charge is 2.20. The number of aromatic amines is 1. The topological polar surface area (TPSA) is 70.8 Å². The van der Waals surface area contributed by atoms with Crippen LogP contribution in [-0.2, 0) is 0 Å². The van der Waals surface area contributed by atoms with Crippen LogP contribution in [0, 0.1) is 5.82 Å². The van der Waals surface area contributed by atoms with Gasteiger partial charge in [-0.15, -0.1) is 5.10 Å². The Labute approximate surface area is 124 Å². The first-order valence-electron chi connectivity index (χ1n) is 6.52. The van der Waals surface area contributed by atoms with Crippen LogP contribution >= 0.6 is 15.9 Å². The van der Waals surface area contributed by atoms with Crippen LogP contribution in [0.2, 0.25) is 0 Å². The molecule has 1 atom stereocenters. The van der Waals surface area contributed by atoms with E-state index >= 15 is 0 Å². The predicted octanol–water partition coefficient (Wildman–Crippen LogP) is 2.30. The molecule has 7 heteroatoms. The number of H-pyrrole nitrogens is 1. The molecule has 0 bridgehead atoms. The molecule has 1 aliphatic rings. The molecule has 1 aromatic heterocycles. The van der Waals surface area contributed by atoms with Crippen LogP contribution in [0.5, 0.6) is 0 Å². The lowest BCUT2D eigenvalue weighted by molar-refractivity contribution is 0.500. The molecule has 1 aliphatic heterocycles. The van der Waals surface area contributed by atoms with Crippen LogP contribution in [-0.4, -0.2) is 34.3 Å². The van der Waals surface area contributed by atoms with E-state index in [4.69, 9.17) is 5.73 Å². The van der Waals surface area contributed by atoms with Gasteiger partial charge in [-0.3, -0.25) is 5.10 Å². The monoisotopic (exact) mass is 339 g/mol. The summed E-state index contributed by atoms with van der Waals surface area (Å²) in [6.45, 7) is 1.66. The summed E-state index contributed by atoms with van der Waals surface area (Å²) in [6, 6.07) is 5.04. The van der Waals surface area contributed by atoms with Gasteiger partial charge < -0.3 is 10.6 Å². The maximum atomic E-state index is 13.5. The maximum absolute atomic E-state index is 13.5. The van der Waals surface area contributed by atoms with Crippen molar-refractivity contribution in [1.29, 1.82) is 0 Å². The van der Waals surface area contributed by atoms with Crippen LogP contribution in [0.1, 0.15) is 12.8 Å². The number of benzene rings is 1. The molecule has 0 saturated carbocycles. The number of hydrogen-bond acceptors (Lipinski definition) is 4. The van der Waals surface area contributed by atoms with Gasteiger partial charge in [0, 0.05) is 24.7 Å². The fourth-order valence-electron chi connectivity index (χ4n) is 2.36. The van der Waals surface area contributed by atoms with Crippen molar-refractivity contribution in [3.05, 3.63) is 28.5 Å². The van der Waals surface area contributed by atoms with E-state index in [-0.39, 0.29) is 11.9 Å². The molecule has 5 nitrogen and oxygen atoms in total. The van der Waals surface area contributed by atoms with Gasteiger partial charge in [0.15, 0.2) is 5.82 Å². The Hall–Kier alpha value is -1.47. The first kappa shape index (κ1) is 13.5. The number of piperidine rings is 1. The second-order valence-electron chi connectivity index (χ2n) is 4.96. The van der Waals surface area contributed by atoms with E-state index in [0.717, 1.165) is 25.9 Å². The Balaban J connectivity index is 1.84. The average molecular weight is 340 g/mol. The van der Waals surface area contributed by atoms with Gasteiger partial charge in [-0.2, -0.15) is 4.98 Å². The molecule has 3 rings (SSSR count). The van der Waals surface area contributed by atoms with Gasteiger partial charge in [0.2, 0.25) is 5.95 Å². The van der Waals surface area contributed by atoms with E-state index in [0.29, 0.717) is 21.8 Å². The third-order valence-electron chi connectivity index (χ3n) is 3.41. The number of nitrogens with two attached hydrogens (primary N) is 1. The molecule has 20 heavy (non-hydrogen) atoms. The van der Waals surface area contributed by atoms with Gasteiger partial charge in [-0.1, -0.05) is 0 Å². The number of rotatable bonds is 2. The van der Waals surface area contributed by atoms with Crippen LogP contribution in [0.15, 0.2) is 22.7 Å². The minimum Gasteiger partial charge on any atom is -0.338 e. The molecule has 0 radical (unpaired) electrons. The predicted molar refractivity (Wildman–Crippen MR) is 78.9 cm³/mol. The third-order valence-corrected chi connectivity index (χ3v) is 4.05. The summed E-state index contributed by atoms with van der Waals surface area (Å²) in [5.41, 5.74) is 6.63. The minimum absolute atomic E-state index is 0.163. The highest BCUT2D eigenvalue weighted by molar-refractivity contribution is 9.10. The summed E-state index contributed by atoms with van der Waals surface area (Å²) in [4.78, 5) is 6.49. The van der Waals surface area contributed by atoms with Crippen LogP contribution < -0.4 is 10.6 Å². The standard InChI is InChI=1S/C13H15BrFN5/c14-10-4-3-8(6-11(10)15)12-17-13(19-18-12)20-5-1-2-9(16)7-20/h3-4,6,9H,1-2,5,7,16H2,(H,17,18,19). The molecule has 1 aromatic carbocycles. The quantitative estimate of drug-likeness (QED) is 0.880. The molecule has 3 N–H and O–H groups in total. The van der Waals surface area contributed by atoms with E-state index in [2.05, 4.69) is 36.0 Å². The average Bonchev–Trinajstić information content (AvgIpc) is 2.92. The second kappa shape index (κ2) is 5.49. The summed E-state index contributed by atoms with van der Waals surface area (Å²) < 4.78 is 14.0. The molecule has 1 saturated heterocycles. The minimum atomic E-state index is -0.319. The smallest absolute Gasteiger partial charge is 0.245 e. The molecule has 106 valence electrons. The Morgan fingerprint density at radius 1 is 1.45 bits per heavy atom. The molecule has 0 aliphatic carbocycles. The fraction of sp³-hybridized carbons (Fsp3) is 0.385. The van der Waals surface area contributed by atoms with Crippen molar-refractivity contribution in [2.24, 2.45) is 5.73 Å². The second-order valence-corrected chi connectivity index (χ2v) is 5.82. The molecular formula is C13H15BrFN5. The zero-order valence-corrected chi connectivity index (χ0v) is 12.4. The lowest BCUT2D eigenvalue weighted by Gasteiger charge is -2.29. The molecule has 0 spiro atoms. The Bertz CT molecular complexity index is 615. The first-order chi connectivity index (χ1) is 9.63. The van der Waals surface area contributed by atoms with Crippen molar-refractivity contribution < 1.29 is 4.39 Å². The number of nitrogens with zero attached hydrogens (tertiary/aromatic N) is 3. The van der Waals surface area contributed by atoms with Gasteiger partial charge in [0.05, 0.1) is 4.47 Å². The molecular weight excluding hydrogens is 325 g/mol. The van der Waals surface area contributed by atoms with Crippen molar-refractivity contribution in [2.75, 3.05) is 18.0 Å². The normalized spacial score (nSPS) is 19.4. The number of nitrogens with one attached hydrogen (secondary N) is 1. The maximum Gasteiger partial charge on any atom is 0.245 e. The highest BCUT2D eigenvalue weighted by Crippen LogP contribution is 2.24. The number of anilines is 1. The van der Waals surface area contributed by atoms with Gasteiger partial charge in [0.25, 0.3) is 0 Å². The van der Waals surface area contributed by atoms with Crippen molar-refractivity contribution in [2.45, 2.75) is 18.9 Å². The third kappa shape index (κ3) is 2.69. The van der Waals surface area contributed by atoms with Crippen molar-refractivity contribution in [3.63, 3.8) is 0 Å². The molecule has 1 unspecified atom stereocenters. The SMILES string of the molecule is NC1CCCN(c2n[nH]c(-c3ccc(Br)c(F)c3)n2)C1. The summed E-state index contributed by atoms with van der Waals surface area (Å²) in [5, 5.41) is 7.06. The summed E-state index contributed by atoms with van der Waals surface area (Å²) >= 11 is 3.13. The van der Waals surface area contributed by atoms with Gasteiger partial charge in [0.1, 0.15) is 5.82 Å². The zero-order chi connectivity index (χ0) is 14.1. The summed E-state index contributed by atoms with van der Waals surface area (Å²) in [7, 11) is 0. The van der Waals surface area contributed by atoms with E-state index in [1.807, 2.05) is 0 Å². The van der Waals surface area contributed by atoms with Crippen LogP contribution in [0.4, 0.5) is 10.3 Å². The number of hydrogen-bond donors (Lipinski definition) is 2. The van der Waals surface area contributed by atoms with E-state index < -0.39 is 0 Å². The Kier molecular flexibility index (Phi) is 3.71. The van der Waals surface area contributed by atoms with Crippen LogP contribution in [0.3, 0.4) is 0 Å². The number of halogens is 2. The van der Waals surface area contributed by atoms with Crippen LogP contribution in [0.25, 0.3) is 11.4 Å². The Morgan fingerprint density at radius 2 is 2.30 bits per heavy atom. The largest absolute Gasteiger partial charge is 0.338 e. The molecule has 2 aromatic rings. The highest BCUT2D eigenvalue weighted by atomic mass is 79.9. The van der Waals surface area contributed by atoms with E-state index in [1.165, 1.54) is 6.07 Å².